The Hall–Kier alpha value is -1.33. The number of nitrogens with one attached hydrogen (secondary N) is 1. The lowest BCUT2D eigenvalue weighted by atomic mass is 10.2. The second-order valence-electron chi connectivity index (χ2n) is 4.81. The molecule has 2 aromatic rings. The summed E-state index contributed by atoms with van der Waals surface area (Å²) in [5.41, 5.74) is 1.30. The zero-order chi connectivity index (χ0) is 14.4. The van der Waals surface area contributed by atoms with E-state index in [1.165, 1.54) is 10.5 Å². The Morgan fingerprint density at radius 2 is 2.05 bits per heavy atom. The Morgan fingerprint density at radius 3 is 2.70 bits per heavy atom. The van der Waals surface area contributed by atoms with E-state index in [1.807, 2.05) is 23.5 Å². The summed E-state index contributed by atoms with van der Waals surface area (Å²) in [4.78, 5) is 5.66. The summed E-state index contributed by atoms with van der Waals surface area (Å²) in [5, 5.41) is 7.59. The van der Waals surface area contributed by atoms with Gasteiger partial charge in [0, 0.05) is 29.7 Å². The molecule has 20 heavy (non-hydrogen) atoms. The van der Waals surface area contributed by atoms with Crippen LogP contribution in [0.15, 0.2) is 35.5 Å². The highest BCUT2D eigenvalue weighted by molar-refractivity contribution is 7.99. The maximum Gasteiger partial charge on any atom is 0.138 e. The fourth-order valence-electron chi connectivity index (χ4n) is 2.01. The molecule has 1 aromatic carbocycles. The van der Waals surface area contributed by atoms with Crippen molar-refractivity contribution in [3.63, 3.8) is 0 Å². The lowest BCUT2D eigenvalue weighted by Gasteiger charge is -2.15. The SMILES string of the molecule is CCn1ncnc1CC(CSc1ccc(C)cc1)NC. The first-order valence-corrected chi connectivity index (χ1v) is 7.95. The quantitative estimate of drug-likeness (QED) is 0.796. The molecule has 0 aliphatic rings. The third-order valence-electron chi connectivity index (χ3n) is 3.30. The first kappa shape index (κ1) is 15.1. The zero-order valence-corrected chi connectivity index (χ0v) is 13.2. The summed E-state index contributed by atoms with van der Waals surface area (Å²) in [6.07, 6.45) is 2.54. The molecular weight excluding hydrogens is 268 g/mol. The Balaban J connectivity index is 1.90. The normalized spacial score (nSPS) is 12.6. The van der Waals surface area contributed by atoms with E-state index < -0.39 is 0 Å². The predicted octanol–water partition coefficient (Wildman–Crippen LogP) is 2.53. The molecule has 2 rings (SSSR count). The van der Waals surface area contributed by atoms with E-state index >= 15 is 0 Å². The summed E-state index contributed by atoms with van der Waals surface area (Å²) in [6, 6.07) is 9.08. The average molecular weight is 290 g/mol. The van der Waals surface area contributed by atoms with Crippen LogP contribution < -0.4 is 5.32 Å². The van der Waals surface area contributed by atoms with E-state index in [0.29, 0.717) is 6.04 Å². The Kier molecular flexibility index (Phi) is 5.61. The van der Waals surface area contributed by atoms with Gasteiger partial charge < -0.3 is 5.32 Å². The summed E-state index contributed by atoms with van der Waals surface area (Å²) in [7, 11) is 2.01. The van der Waals surface area contributed by atoms with E-state index in [1.54, 1.807) is 6.33 Å². The molecule has 0 bridgehead atoms. The molecule has 0 amide bonds. The molecule has 0 radical (unpaired) electrons. The number of nitrogens with zero attached hydrogens (tertiary/aromatic N) is 3. The van der Waals surface area contributed by atoms with Crippen LogP contribution >= 0.6 is 11.8 Å². The van der Waals surface area contributed by atoms with Gasteiger partial charge in [-0.1, -0.05) is 17.7 Å². The summed E-state index contributed by atoms with van der Waals surface area (Å²) >= 11 is 1.88. The van der Waals surface area contributed by atoms with Crippen LogP contribution in [0.2, 0.25) is 0 Å². The van der Waals surface area contributed by atoms with Gasteiger partial charge in [0.2, 0.25) is 0 Å². The number of hydrogen-bond donors (Lipinski definition) is 1. The Labute approximate surface area is 125 Å². The highest BCUT2D eigenvalue weighted by atomic mass is 32.2. The number of likely N-dealkylation sites (N-methyl/N-ethyl adjacent to an activating group) is 1. The topological polar surface area (TPSA) is 42.7 Å². The lowest BCUT2D eigenvalue weighted by molar-refractivity contribution is 0.549. The minimum Gasteiger partial charge on any atom is -0.316 e. The third kappa shape index (κ3) is 4.08. The van der Waals surface area contributed by atoms with Gasteiger partial charge in [0.05, 0.1) is 0 Å². The van der Waals surface area contributed by atoms with Crippen molar-refractivity contribution in [2.45, 2.75) is 37.8 Å². The molecule has 1 atom stereocenters. The number of rotatable bonds is 7. The minimum absolute atomic E-state index is 0.399. The number of thioether (sulfide) groups is 1. The van der Waals surface area contributed by atoms with Gasteiger partial charge in [0.15, 0.2) is 0 Å². The highest BCUT2D eigenvalue weighted by Gasteiger charge is 2.12. The average Bonchev–Trinajstić information content (AvgIpc) is 2.92. The minimum atomic E-state index is 0.399. The van der Waals surface area contributed by atoms with Crippen molar-refractivity contribution in [1.82, 2.24) is 20.1 Å². The van der Waals surface area contributed by atoms with Gasteiger partial charge in [-0.25, -0.2) is 4.98 Å². The second-order valence-corrected chi connectivity index (χ2v) is 5.90. The summed E-state index contributed by atoms with van der Waals surface area (Å²) in [5.74, 6) is 2.08. The smallest absolute Gasteiger partial charge is 0.138 e. The van der Waals surface area contributed by atoms with Crippen molar-refractivity contribution in [1.29, 1.82) is 0 Å². The number of aromatic nitrogens is 3. The molecule has 0 fully saturated rings. The largest absolute Gasteiger partial charge is 0.316 e. The highest BCUT2D eigenvalue weighted by Crippen LogP contribution is 2.20. The van der Waals surface area contributed by atoms with Crippen LogP contribution in [0.4, 0.5) is 0 Å². The monoisotopic (exact) mass is 290 g/mol. The van der Waals surface area contributed by atoms with Gasteiger partial charge in [-0.05, 0) is 33.0 Å². The molecule has 1 heterocycles. The summed E-state index contributed by atoms with van der Waals surface area (Å²) < 4.78 is 1.96. The van der Waals surface area contributed by atoms with Gasteiger partial charge in [-0.2, -0.15) is 5.10 Å². The van der Waals surface area contributed by atoms with Crippen molar-refractivity contribution in [3.05, 3.63) is 42.0 Å². The molecule has 1 N–H and O–H groups in total. The first-order chi connectivity index (χ1) is 9.72. The number of hydrogen-bond acceptors (Lipinski definition) is 4. The van der Waals surface area contributed by atoms with Crippen molar-refractivity contribution in [2.75, 3.05) is 12.8 Å². The first-order valence-electron chi connectivity index (χ1n) is 6.96. The molecule has 0 aliphatic heterocycles. The lowest BCUT2D eigenvalue weighted by Crippen LogP contribution is -2.31. The maximum atomic E-state index is 4.34. The van der Waals surface area contributed by atoms with Crippen molar-refractivity contribution in [2.24, 2.45) is 0 Å². The van der Waals surface area contributed by atoms with E-state index in [4.69, 9.17) is 0 Å². The molecule has 0 spiro atoms. The van der Waals surface area contributed by atoms with Crippen molar-refractivity contribution >= 4 is 11.8 Å². The molecule has 5 heteroatoms. The molecule has 0 aliphatic carbocycles. The number of benzene rings is 1. The predicted molar refractivity (Wildman–Crippen MR) is 84.2 cm³/mol. The van der Waals surface area contributed by atoms with Crippen LogP contribution in [0.3, 0.4) is 0 Å². The van der Waals surface area contributed by atoms with Gasteiger partial charge in [-0.3, -0.25) is 4.68 Å². The molecular formula is C15H22N4S. The fraction of sp³-hybridized carbons (Fsp3) is 0.467. The van der Waals surface area contributed by atoms with E-state index in [-0.39, 0.29) is 0 Å². The van der Waals surface area contributed by atoms with Gasteiger partial charge in [0.1, 0.15) is 12.2 Å². The molecule has 4 nitrogen and oxygen atoms in total. The molecule has 1 aromatic heterocycles. The number of aryl methyl sites for hydroxylation is 2. The fourth-order valence-corrected chi connectivity index (χ4v) is 3.01. The van der Waals surface area contributed by atoms with E-state index in [2.05, 4.69) is 53.5 Å². The van der Waals surface area contributed by atoms with Crippen LogP contribution in [0.1, 0.15) is 18.3 Å². The van der Waals surface area contributed by atoms with Gasteiger partial charge in [0.25, 0.3) is 0 Å². The second kappa shape index (κ2) is 7.45. The van der Waals surface area contributed by atoms with Crippen LogP contribution in [-0.2, 0) is 13.0 Å². The van der Waals surface area contributed by atoms with Crippen molar-refractivity contribution in [3.8, 4) is 0 Å². The third-order valence-corrected chi connectivity index (χ3v) is 4.48. The van der Waals surface area contributed by atoms with Crippen LogP contribution in [0.5, 0.6) is 0 Å². The molecule has 0 saturated carbocycles. The van der Waals surface area contributed by atoms with E-state index in [0.717, 1.165) is 24.5 Å². The van der Waals surface area contributed by atoms with Gasteiger partial charge >= 0.3 is 0 Å². The standard InChI is InChI=1S/C15H22N4S/c1-4-19-15(17-11-18-19)9-13(16-3)10-20-14-7-5-12(2)6-8-14/h5-8,11,13,16H,4,9-10H2,1-3H3. The Bertz CT molecular complexity index is 521. The van der Waals surface area contributed by atoms with Crippen LogP contribution in [-0.4, -0.2) is 33.6 Å². The summed E-state index contributed by atoms with van der Waals surface area (Å²) in [6.45, 7) is 5.08. The van der Waals surface area contributed by atoms with Crippen LogP contribution in [0, 0.1) is 6.92 Å². The Morgan fingerprint density at radius 1 is 1.30 bits per heavy atom. The zero-order valence-electron chi connectivity index (χ0n) is 12.3. The van der Waals surface area contributed by atoms with E-state index in [9.17, 15) is 0 Å². The van der Waals surface area contributed by atoms with Gasteiger partial charge in [-0.15, -0.1) is 11.8 Å². The molecule has 0 saturated heterocycles. The molecule has 108 valence electrons. The molecule has 1 unspecified atom stereocenters. The van der Waals surface area contributed by atoms with Crippen LogP contribution in [0.25, 0.3) is 0 Å². The maximum absolute atomic E-state index is 4.34. The van der Waals surface area contributed by atoms with Crippen molar-refractivity contribution < 1.29 is 0 Å².